The quantitative estimate of drug-likeness (QED) is 0.821. The van der Waals surface area contributed by atoms with Crippen LogP contribution in [0.5, 0.6) is 0 Å². The molecule has 1 aromatic rings. The summed E-state index contributed by atoms with van der Waals surface area (Å²) in [7, 11) is 0. The van der Waals surface area contributed by atoms with E-state index in [1.54, 1.807) is 0 Å². The molecule has 1 unspecified atom stereocenters. The van der Waals surface area contributed by atoms with Crippen LogP contribution in [0.2, 0.25) is 0 Å². The lowest BCUT2D eigenvalue weighted by molar-refractivity contribution is 0.173. The summed E-state index contributed by atoms with van der Waals surface area (Å²) in [4.78, 5) is 2.65. The summed E-state index contributed by atoms with van der Waals surface area (Å²) in [6.45, 7) is 10.7. The van der Waals surface area contributed by atoms with Crippen LogP contribution in [-0.4, -0.2) is 37.6 Å². The molecule has 1 atom stereocenters. The molecule has 0 radical (unpaired) electrons. The van der Waals surface area contributed by atoms with Crippen molar-refractivity contribution >= 4 is 0 Å². The second-order valence-electron chi connectivity index (χ2n) is 6.60. The maximum Gasteiger partial charge on any atom is 0.00219 e. The number of benzene rings is 1. The van der Waals surface area contributed by atoms with Gasteiger partial charge in [-0.2, -0.15) is 0 Å². The monoisotopic (exact) mass is 274 g/mol. The van der Waals surface area contributed by atoms with Gasteiger partial charge in [-0.1, -0.05) is 44.2 Å². The predicted molar refractivity (Wildman–Crippen MR) is 87.0 cm³/mol. The number of piperidine rings is 1. The van der Waals surface area contributed by atoms with E-state index in [1.807, 2.05) is 0 Å². The normalized spacial score (nSPS) is 20.4. The number of hydrogen-bond donors (Lipinski definition) is 1. The van der Waals surface area contributed by atoms with Gasteiger partial charge in [0.15, 0.2) is 0 Å². The van der Waals surface area contributed by atoms with Gasteiger partial charge >= 0.3 is 0 Å². The molecule has 0 amide bonds. The summed E-state index contributed by atoms with van der Waals surface area (Å²) in [5.41, 5.74) is 1.47. The number of likely N-dealkylation sites (tertiary alicyclic amines) is 1. The Morgan fingerprint density at radius 2 is 2.05 bits per heavy atom. The summed E-state index contributed by atoms with van der Waals surface area (Å²) < 4.78 is 0. The molecule has 112 valence electrons. The molecule has 1 fully saturated rings. The molecule has 20 heavy (non-hydrogen) atoms. The maximum atomic E-state index is 3.62. The highest BCUT2D eigenvalue weighted by Gasteiger charge is 2.19. The molecular weight excluding hydrogens is 244 g/mol. The molecule has 1 saturated heterocycles. The predicted octanol–water partition coefficient (Wildman–Crippen LogP) is 3.19. The Bertz CT molecular complexity index is 361. The lowest BCUT2D eigenvalue weighted by atomic mass is 9.97. The first-order chi connectivity index (χ1) is 9.74. The minimum absolute atomic E-state index is 0.757. The molecule has 1 aromatic carbocycles. The van der Waals surface area contributed by atoms with Gasteiger partial charge in [0.1, 0.15) is 0 Å². The van der Waals surface area contributed by atoms with Gasteiger partial charge < -0.3 is 10.2 Å². The summed E-state index contributed by atoms with van der Waals surface area (Å²) in [6.07, 6.45) is 3.95. The van der Waals surface area contributed by atoms with Gasteiger partial charge in [-0.25, -0.2) is 0 Å². The Labute approximate surface area is 124 Å². The van der Waals surface area contributed by atoms with Crippen LogP contribution in [0, 0.1) is 11.8 Å². The number of nitrogens with one attached hydrogen (secondary N) is 1. The molecule has 1 aliphatic rings. The molecule has 0 aromatic heterocycles. The minimum atomic E-state index is 0.757. The molecule has 0 spiro atoms. The highest BCUT2D eigenvalue weighted by molar-refractivity contribution is 5.14. The SMILES string of the molecule is CC(C)CNCC1CCCN(CCc2ccccc2)C1. The lowest BCUT2D eigenvalue weighted by Gasteiger charge is -2.33. The van der Waals surface area contributed by atoms with Gasteiger partial charge in [0.05, 0.1) is 0 Å². The van der Waals surface area contributed by atoms with E-state index in [-0.39, 0.29) is 0 Å². The number of rotatable bonds is 7. The molecule has 1 heterocycles. The molecule has 1 N–H and O–H groups in total. The van der Waals surface area contributed by atoms with Crippen molar-refractivity contribution in [1.82, 2.24) is 10.2 Å². The molecule has 1 aliphatic heterocycles. The van der Waals surface area contributed by atoms with Crippen molar-refractivity contribution < 1.29 is 0 Å². The van der Waals surface area contributed by atoms with E-state index in [9.17, 15) is 0 Å². The van der Waals surface area contributed by atoms with Crippen molar-refractivity contribution in [3.05, 3.63) is 35.9 Å². The van der Waals surface area contributed by atoms with Crippen LogP contribution in [0.25, 0.3) is 0 Å². The summed E-state index contributed by atoms with van der Waals surface area (Å²) in [5.74, 6) is 1.60. The zero-order valence-electron chi connectivity index (χ0n) is 13.1. The largest absolute Gasteiger partial charge is 0.316 e. The summed E-state index contributed by atoms with van der Waals surface area (Å²) >= 11 is 0. The Balaban J connectivity index is 1.68. The Hall–Kier alpha value is -0.860. The van der Waals surface area contributed by atoms with Crippen LogP contribution in [0.1, 0.15) is 32.3 Å². The van der Waals surface area contributed by atoms with E-state index >= 15 is 0 Å². The van der Waals surface area contributed by atoms with Crippen molar-refractivity contribution in [3.63, 3.8) is 0 Å². The Kier molecular flexibility index (Phi) is 6.55. The second kappa shape index (κ2) is 8.43. The van der Waals surface area contributed by atoms with Crippen LogP contribution in [0.3, 0.4) is 0 Å². The van der Waals surface area contributed by atoms with Crippen molar-refractivity contribution in [2.45, 2.75) is 33.1 Å². The smallest absolute Gasteiger partial charge is 0.00219 e. The Morgan fingerprint density at radius 3 is 2.80 bits per heavy atom. The van der Waals surface area contributed by atoms with Crippen LogP contribution < -0.4 is 5.32 Å². The summed E-state index contributed by atoms with van der Waals surface area (Å²) in [6, 6.07) is 10.9. The third-order valence-electron chi connectivity index (χ3n) is 4.15. The minimum Gasteiger partial charge on any atom is -0.316 e. The van der Waals surface area contributed by atoms with Gasteiger partial charge in [-0.15, -0.1) is 0 Å². The standard InChI is InChI=1S/C18H30N2/c1-16(2)13-19-14-18-9-6-11-20(15-18)12-10-17-7-4-3-5-8-17/h3-5,7-8,16,18-19H,6,9-15H2,1-2H3. The van der Waals surface area contributed by atoms with Gasteiger partial charge in [0.25, 0.3) is 0 Å². The Morgan fingerprint density at radius 1 is 1.25 bits per heavy atom. The highest BCUT2D eigenvalue weighted by atomic mass is 15.1. The highest BCUT2D eigenvalue weighted by Crippen LogP contribution is 2.16. The van der Waals surface area contributed by atoms with E-state index in [0.29, 0.717) is 0 Å². The van der Waals surface area contributed by atoms with Crippen LogP contribution in [0.4, 0.5) is 0 Å². The van der Waals surface area contributed by atoms with Crippen LogP contribution in [0.15, 0.2) is 30.3 Å². The van der Waals surface area contributed by atoms with Crippen LogP contribution >= 0.6 is 0 Å². The molecule has 2 rings (SSSR count). The van der Waals surface area contributed by atoms with E-state index < -0.39 is 0 Å². The van der Waals surface area contributed by atoms with Gasteiger partial charge in [-0.3, -0.25) is 0 Å². The van der Waals surface area contributed by atoms with Gasteiger partial charge in [-0.05, 0) is 56.3 Å². The first-order valence-electron chi connectivity index (χ1n) is 8.21. The second-order valence-corrected chi connectivity index (χ2v) is 6.60. The first-order valence-corrected chi connectivity index (χ1v) is 8.21. The molecular formula is C18H30N2. The molecule has 0 saturated carbocycles. The van der Waals surface area contributed by atoms with Crippen molar-refractivity contribution in [2.24, 2.45) is 11.8 Å². The lowest BCUT2D eigenvalue weighted by Crippen LogP contribution is -2.41. The molecule has 0 aliphatic carbocycles. The topological polar surface area (TPSA) is 15.3 Å². The first kappa shape index (κ1) is 15.5. The average Bonchev–Trinajstić information content (AvgIpc) is 2.46. The average molecular weight is 274 g/mol. The summed E-state index contributed by atoms with van der Waals surface area (Å²) in [5, 5.41) is 3.62. The fourth-order valence-corrected chi connectivity index (χ4v) is 3.03. The maximum absolute atomic E-state index is 3.62. The van der Waals surface area contributed by atoms with Crippen molar-refractivity contribution in [1.29, 1.82) is 0 Å². The van der Waals surface area contributed by atoms with Crippen molar-refractivity contribution in [2.75, 3.05) is 32.7 Å². The van der Waals surface area contributed by atoms with Crippen LogP contribution in [-0.2, 0) is 6.42 Å². The fraction of sp³-hybridized carbons (Fsp3) is 0.667. The zero-order valence-corrected chi connectivity index (χ0v) is 13.1. The fourth-order valence-electron chi connectivity index (χ4n) is 3.03. The molecule has 2 heteroatoms. The number of nitrogens with zero attached hydrogens (tertiary/aromatic N) is 1. The van der Waals surface area contributed by atoms with E-state index in [0.717, 1.165) is 18.4 Å². The van der Waals surface area contributed by atoms with Gasteiger partial charge in [0.2, 0.25) is 0 Å². The third kappa shape index (κ3) is 5.64. The van der Waals surface area contributed by atoms with Gasteiger partial charge in [0, 0.05) is 13.1 Å². The van der Waals surface area contributed by atoms with Crippen molar-refractivity contribution in [3.8, 4) is 0 Å². The molecule has 0 bridgehead atoms. The van der Waals surface area contributed by atoms with E-state index in [1.165, 1.54) is 51.0 Å². The number of hydrogen-bond acceptors (Lipinski definition) is 2. The third-order valence-corrected chi connectivity index (χ3v) is 4.15. The van der Waals surface area contributed by atoms with E-state index in [4.69, 9.17) is 0 Å². The molecule has 2 nitrogen and oxygen atoms in total. The van der Waals surface area contributed by atoms with E-state index in [2.05, 4.69) is 54.4 Å². The zero-order chi connectivity index (χ0) is 14.2.